The molecule has 1 atom stereocenters. The Bertz CT molecular complexity index is 777. The number of carbonyl (C=O) groups excluding carboxylic acids is 1. The highest BCUT2D eigenvalue weighted by Crippen LogP contribution is 2.22. The number of benzene rings is 1. The summed E-state index contributed by atoms with van der Waals surface area (Å²) in [6, 6.07) is 14.2. The molecular weight excluding hydrogens is 362 g/mol. The first-order chi connectivity index (χ1) is 11.1. The predicted octanol–water partition coefficient (Wildman–Crippen LogP) is 3.77. The van der Waals surface area contributed by atoms with E-state index in [1.807, 2.05) is 24.3 Å². The van der Waals surface area contributed by atoms with E-state index in [0.717, 1.165) is 11.3 Å². The van der Waals surface area contributed by atoms with Crippen molar-refractivity contribution in [3.63, 3.8) is 0 Å². The fourth-order valence-corrected chi connectivity index (χ4v) is 2.45. The molecule has 0 bridgehead atoms. The maximum atomic E-state index is 11.9. The van der Waals surface area contributed by atoms with Crippen molar-refractivity contribution in [1.29, 1.82) is 0 Å². The lowest BCUT2D eigenvalue weighted by atomic mass is 10.1. The Morgan fingerprint density at radius 3 is 2.57 bits per heavy atom. The van der Waals surface area contributed by atoms with Gasteiger partial charge in [0.25, 0.3) is 5.91 Å². The normalized spacial score (nSPS) is 12.1. The van der Waals surface area contributed by atoms with Crippen LogP contribution in [0.15, 0.2) is 68.3 Å². The molecule has 0 radical (unpaired) electrons. The number of halogens is 1. The van der Waals surface area contributed by atoms with Crippen molar-refractivity contribution in [1.82, 2.24) is 5.32 Å². The van der Waals surface area contributed by atoms with Crippen LogP contribution in [-0.4, -0.2) is 17.6 Å². The highest BCUT2D eigenvalue weighted by molar-refractivity contribution is 9.10. The summed E-state index contributed by atoms with van der Waals surface area (Å²) in [5.41, 5.74) is 1.64. The van der Waals surface area contributed by atoms with Gasteiger partial charge in [-0.15, -0.1) is 0 Å². The second kappa shape index (κ2) is 6.85. The number of furan rings is 2. The van der Waals surface area contributed by atoms with Crippen molar-refractivity contribution in [2.75, 3.05) is 6.54 Å². The molecule has 0 aliphatic carbocycles. The van der Waals surface area contributed by atoms with E-state index in [1.165, 1.54) is 0 Å². The first kappa shape index (κ1) is 15.6. The minimum absolute atomic E-state index is 0.0945. The van der Waals surface area contributed by atoms with E-state index in [0.29, 0.717) is 10.2 Å². The first-order valence-corrected chi connectivity index (χ1v) is 7.78. The second-order valence-electron chi connectivity index (χ2n) is 4.93. The minimum Gasteiger partial charge on any atom is -0.464 e. The lowest BCUT2D eigenvalue weighted by molar-refractivity contribution is 0.0888. The molecule has 0 spiro atoms. The zero-order valence-electron chi connectivity index (χ0n) is 12.0. The monoisotopic (exact) mass is 375 g/mol. The van der Waals surface area contributed by atoms with Gasteiger partial charge in [-0.05, 0) is 45.8 Å². The summed E-state index contributed by atoms with van der Waals surface area (Å²) in [4.78, 5) is 11.9. The number of hydrogen-bond acceptors (Lipinski definition) is 4. The van der Waals surface area contributed by atoms with Crippen LogP contribution >= 0.6 is 15.9 Å². The summed E-state index contributed by atoms with van der Waals surface area (Å²) in [5.74, 6) is 0.585. The molecule has 6 heteroatoms. The van der Waals surface area contributed by atoms with Gasteiger partial charge in [0.2, 0.25) is 0 Å². The van der Waals surface area contributed by atoms with Gasteiger partial charge < -0.3 is 19.3 Å². The Balaban J connectivity index is 1.60. The third-order valence-electron chi connectivity index (χ3n) is 3.35. The molecule has 1 amide bonds. The Kier molecular flexibility index (Phi) is 4.64. The van der Waals surface area contributed by atoms with Gasteiger partial charge in [-0.2, -0.15) is 0 Å². The van der Waals surface area contributed by atoms with Crippen molar-refractivity contribution < 1.29 is 18.7 Å². The van der Waals surface area contributed by atoms with E-state index in [2.05, 4.69) is 21.2 Å². The van der Waals surface area contributed by atoms with Crippen LogP contribution < -0.4 is 5.32 Å². The molecule has 3 aromatic rings. The van der Waals surface area contributed by atoms with Gasteiger partial charge >= 0.3 is 0 Å². The maximum absolute atomic E-state index is 11.9. The van der Waals surface area contributed by atoms with E-state index >= 15 is 0 Å². The van der Waals surface area contributed by atoms with Crippen molar-refractivity contribution >= 4 is 21.8 Å². The molecule has 2 N–H and O–H groups in total. The van der Waals surface area contributed by atoms with Crippen LogP contribution in [0, 0.1) is 0 Å². The Morgan fingerprint density at radius 1 is 1.17 bits per heavy atom. The number of amides is 1. The molecule has 0 fully saturated rings. The largest absolute Gasteiger partial charge is 0.464 e. The zero-order chi connectivity index (χ0) is 16.2. The molecule has 3 rings (SSSR count). The van der Waals surface area contributed by atoms with Crippen LogP contribution in [0.3, 0.4) is 0 Å². The highest BCUT2D eigenvalue weighted by Gasteiger charge is 2.14. The summed E-state index contributed by atoms with van der Waals surface area (Å²) in [6.45, 7) is 0.0945. The van der Waals surface area contributed by atoms with Crippen LogP contribution in [-0.2, 0) is 0 Å². The zero-order valence-corrected chi connectivity index (χ0v) is 13.6. The van der Waals surface area contributed by atoms with Gasteiger partial charge in [0, 0.05) is 12.1 Å². The van der Waals surface area contributed by atoms with Crippen molar-refractivity contribution in [3.05, 3.63) is 70.8 Å². The first-order valence-electron chi connectivity index (χ1n) is 6.99. The van der Waals surface area contributed by atoms with Crippen LogP contribution in [0.2, 0.25) is 0 Å². The lowest BCUT2D eigenvalue weighted by Crippen LogP contribution is -2.28. The molecular formula is C17H14BrNO4. The molecule has 2 heterocycles. The van der Waals surface area contributed by atoms with E-state index in [1.54, 1.807) is 30.5 Å². The molecule has 0 saturated carbocycles. The van der Waals surface area contributed by atoms with Gasteiger partial charge in [-0.25, -0.2) is 0 Å². The highest BCUT2D eigenvalue weighted by atomic mass is 79.9. The fraction of sp³-hybridized carbons (Fsp3) is 0.118. The second-order valence-corrected chi connectivity index (χ2v) is 5.71. The van der Waals surface area contributed by atoms with Gasteiger partial charge in [0.15, 0.2) is 10.4 Å². The molecule has 0 unspecified atom stereocenters. The maximum Gasteiger partial charge on any atom is 0.287 e. The van der Waals surface area contributed by atoms with E-state index in [9.17, 15) is 9.90 Å². The fourth-order valence-electron chi connectivity index (χ4n) is 2.14. The van der Waals surface area contributed by atoms with Crippen molar-refractivity contribution in [2.45, 2.75) is 6.10 Å². The molecule has 1 aromatic carbocycles. The number of nitrogens with one attached hydrogen (secondary N) is 1. The average molecular weight is 376 g/mol. The van der Waals surface area contributed by atoms with Gasteiger partial charge in [0.1, 0.15) is 5.76 Å². The van der Waals surface area contributed by atoms with Gasteiger partial charge in [-0.1, -0.05) is 24.3 Å². The SMILES string of the molecule is O=C(NC[C@H](O)c1ccc(-c2ccco2)cc1)c1ccc(Br)o1. The Hall–Kier alpha value is -2.31. The third-order valence-corrected chi connectivity index (χ3v) is 3.78. The molecule has 5 nitrogen and oxygen atoms in total. The van der Waals surface area contributed by atoms with Crippen LogP contribution in [0.4, 0.5) is 0 Å². The van der Waals surface area contributed by atoms with Gasteiger partial charge in [-0.3, -0.25) is 4.79 Å². The van der Waals surface area contributed by atoms with E-state index in [-0.39, 0.29) is 18.2 Å². The molecule has 23 heavy (non-hydrogen) atoms. The summed E-state index contributed by atoms with van der Waals surface area (Å²) in [6.07, 6.45) is 0.809. The molecule has 0 aliphatic heterocycles. The summed E-state index contributed by atoms with van der Waals surface area (Å²) >= 11 is 3.14. The predicted molar refractivity (Wildman–Crippen MR) is 87.8 cm³/mol. The third kappa shape index (κ3) is 3.72. The van der Waals surface area contributed by atoms with Crippen molar-refractivity contribution in [2.24, 2.45) is 0 Å². The number of aliphatic hydroxyl groups excluding tert-OH is 1. The van der Waals surface area contributed by atoms with E-state index < -0.39 is 6.10 Å². The van der Waals surface area contributed by atoms with Crippen molar-refractivity contribution in [3.8, 4) is 11.3 Å². The summed E-state index contributed by atoms with van der Waals surface area (Å²) in [7, 11) is 0. The summed E-state index contributed by atoms with van der Waals surface area (Å²) < 4.78 is 11.0. The average Bonchev–Trinajstić information content (AvgIpc) is 3.24. The molecule has 0 saturated heterocycles. The molecule has 2 aromatic heterocycles. The number of carbonyl (C=O) groups is 1. The van der Waals surface area contributed by atoms with Gasteiger partial charge in [0.05, 0.1) is 12.4 Å². The van der Waals surface area contributed by atoms with Crippen LogP contribution in [0.25, 0.3) is 11.3 Å². The Morgan fingerprint density at radius 2 is 1.96 bits per heavy atom. The van der Waals surface area contributed by atoms with Crippen LogP contribution in [0.5, 0.6) is 0 Å². The standard InChI is InChI=1S/C17H14BrNO4/c18-16-8-7-15(23-16)17(21)19-10-13(20)11-3-5-12(6-4-11)14-2-1-9-22-14/h1-9,13,20H,10H2,(H,19,21)/t13-/m0/s1. The quantitative estimate of drug-likeness (QED) is 0.711. The topological polar surface area (TPSA) is 75.6 Å². The number of rotatable bonds is 5. The molecule has 118 valence electrons. The minimum atomic E-state index is -0.803. The lowest BCUT2D eigenvalue weighted by Gasteiger charge is -2.12. The number of aliphatic hydroxyl groups is 1. The summed E-state index contributed by atoms with van der Waals surface area (Å²) in [5, 5.41) is 12.8. The number of hydrogen-bond donors (Lipinski definition) is 2. The Labute approximate surface area is 141 Å². The smallest absolute Gasteiger partial charge is 0.287 e. The molecule has 0 aliphatic rings. The van der Waals surface area contributed by atoms with E-state index in [4.69, 9.17) is 8.83 Å². The van der Waals surface area contributed by atoms with Crippen LogP contribution in [0.1, 0.15) is 22.2 Å².